The number of hydrogen-bond donors (Lipinski definition) is 5. The van der Waals surface area contributed by atoms with Crippen LogP contribution in [-0.2, 0) is 4.79 Å². The summed E-state index contributed by atoms with van der Waals surface area (Å²) in [6, 6.07) is 9.46. The van der Waals surface area contributed by atoms with Crippen molar-refractivity contribution in [2.24, 2.45) is 5.92 Å². The lowest BCUT2D eigenvalue weighted by atomic mass is 10.0. The van der Waals surface area contributed by atoms with E-state index in [1.165, 1.54) is 48.0 Å². The fraction of sp³-hybridized carbons (Fsp3) is 0.353. The Labute approximate surface area is 288 Å². The minimum Gasteiger partial charge on any atom is -0.406 e. The van der Waals surface area contributed by atoms with E-state index in [2.05, 4.69) is 30.7 Å². The highest BCUT2D eigenvalue weighted by atomic mass is 32.1. The van der Waals surface area contributed by atoms with Crippen LogP contribution in [0.1, 0.15) is 55.1 Å². The van der Waals surface area contributed by atoms with E-state index in [0.717, 1.165) is 28.8 Å². The first kappa shape index (κ1) is 33.6. The summed E-state index contributed by atoms with van der Waals surface area (Å²) in [6.07, 6.45) is -0.383. The number of amides is 1. The molecule has 1 aromatic carbocycles. The van der Waals surface area contributed by atoms with Gasteiger partial charge in [-0.2, -0.15) is 4.98 Å². The molecule has 5 atom stereocenters. The summed E-state index contributed by atoms with van der Waals surface area (Å²) in [7, 11) is 0. The summed E-state index contributed by atoms with van der Waals surface area (Å²) < 4.78 is 42.9. The van der Waals surface area contributed by atoms with Gasteiger partial charge in [0.25, 0.3) is 0 Å². The van der Waals surface area contributed by atoms with Crippen LogP contribution in [0.3, 0.4) is 0 Å². The van der Waals surface area contributed by atoms with E-state index >= 15 is 0 Å². The van der Waals surface area contributed by atoms with Gasteiger partial charge in [-0.3, -0.25) is 14.8 Å². The van der Waals surface area contributed by atoms with Gasteiger partial charge in [0.15, 0.2) is 0 Å². The van der Waals surface area contributed by atoms with Crippen LogP contribution in [0.25, 0.3) is 20.8 Å². The largest absolute Gasteiger partial charge is 0.573 e. The van der Waals surface area contributed by atoms with Crippen LogP contribution in [-0.4, -0.2) is 65.7 Å². The summed E-state index contributed by atoms with van der Waals surface area (Å²) in [5.41, 5.74) is 4.09. The molecule has 5 aromatic rings. The maximum absolute atomic E-state index is 13.2. The molecule has 2 aliphatic carbocycles. The Kier molecular flexibility index (Phi) is 9.00. The van der Waals surface area contributed by atoms with E-state index < -0.39 is 42.5 Å². The molecule has 5 unspecified atom stereocenters. The van der Waals surface area contributed by atoms with Crippen molar-refractivity contribution >= 4 is 44.9 Å². The zero-order valence-corrected chi connectivity index (χ0v) is 27.7. The monoisotopic (exact) mass is 706 g/mol. The number of thiazole rings is 1. The zero-order chi connectivity index (χ0) is 35.2. The second kappa shape index (κ2) is 13.4. The van der Waals surface area contributed by atoms with Crippen molar-refractivity contribution in [1.29, 1.82) is 0 Å². The average molecular weight is 707 g/mol. The fourth-order valence-corrected chi connectivity index (χ4v) is 7.22. The number of pyridine rings is 2. The molecule has 0 bridgehead atoms. The summed E-state index contributed by atoms with van der Waals surface area (Å²) >= 11 is 1.46. The Hall–Kier alpha value is -4.93. The van der Waals surface area contributed by atoms with Gasteiger partial charge in [0.05, 0.1) is 45.8 Å². The lowest BCUT2D eigenvalue weighted by molar-refractivity contribution is -0.274. The highest BCUT2D eigenvalue weighted by Crippen LogP contribution is 2.45. The van der Waals surface area contributed by atoms with Crippen LogP contribution < -0.4 is 20.7 Å². The lowest BCUT2D eigenvalue weighted by Gasteiger charge is -2.22. The molecule has 7 rings (SSSR count). The third-order valence-electron chi connectivity index (χ3n) is 8.85. The van der Waals surface area contributed by atoms with Gasteiger partial charge in [-0.15, -0.1) is 24.5 Å². The molecule has 0 aliphatic heterocycles. The van der Waals surface area contributed by atoms with Gasteiger partial charge in [0, 0.05) is 30.2 Å². The number of aromatic nitrogens is 5. The first-order chi connectivity index (χ1) is 23.9. The number of nitrogens with one attached hydrogen (secondary N) is 3. The Morgan fingerprint density at radius 3 is 2.44 bits per heavy atom. The number of alkyl halides is 3. The minimum absolute atomic E-state index is 0.100. The minimum atomic E-state index is -4.80. The van der Waals surface area contributed by atoms with Crippen LogP contribution >= 0.6 is 11.3 Å². The molecule has 16 heteroatoms. The van der Waals surface area contributed by atoms with Gasteiger partial charge >= 0.3 is 6.36 Å². The molecule has 5 N–H and O–H groups in total. The van der Waals surface area contributed by atoms with E-state index in [1.807, 2.05) is 13.0 Å². The number of fused-ring (bicyclic) bond motifs is 1. The van der Waals surface area contributed by atoms with Crippen LogP contribution in [0.2, 0.25) is 0 Å². The van der Waals surface area contributed by atoms with Crippen LogP contribution in [0.15, 0.2) is 61.1 Å². The molecule has 260 valence electrons. The van der Waals surface area contributed by atoms with Gasteiger partial charge in [-0.25, -0.2) is 9.97 Å². The summed E-state index contributed by atoms with van der Waals surface area (Å²) in [4.78, 5) is 36.2. The second-order valence-electron chi connectivity index (χ2n) is 12.5. The number of anilines is 3. The molecular weight excluding hydrogens is 673 g/mol. The molecule has 4 heterocycles. The quantitative estimate of drug-likeness (QED) is 0.116. The molecule has 50 heavy (non-hydrogen) atoms. The smallest absolute Gasteiger partial charge is 0.406 e. The van der Waals surface area contributed by atoms with E-state index in [0.29, 0.717) is 39.3 Å². The van der Waals surface area contributed by atoms with Crippen LogP contribution in [0, 0.1) is 12.8 Å². The summed E-state index contributed by atoms with van der Waals surface area (Å²) in [5.74, 6) is -0.793. The van der Waals surface area contributed by atoms with Gasteiger partial charge in [0.2, 0.25) is 11.9 Å². The molecule has 0 spiro atoms. The van der Waals surface area contributed by atoms with Gasteiger partial charge in [-0.05, 0) is 69.0 Å². The standard InChI is InChI=1S/C34H33F3N8O4S/c1-16(18-5-7-21(8-6-18)49-34(35,36)37)40-33-41-17(2)25(32-44-27-24(50-32)11-14-39-26(27)19-3-4-19)30(45-33)43-23-15-22(28(46)29(23)47)31(48)42-20-9-12-38-13-10-20/h5-14,16,19,22-23,28-29,46-47H,3-4,15H2,1-2H3,(H,38,42,48)(H2,40,41,43,45). The number of carbonyl (C=O) groups excluding carboxylic acids is 1. The lowest BCUT2D eigenvalue weighted by Crippen LogP contribution is -2.37. The number of halogens is 3. The van der Waals surface area contributed by atoms with Crippen molar-refractivity contribution in [3.8, 4) is 16.3 Å². The summed E-state index contributed by atoms with van der Waals surface area (Å²) in [6.45, 7) is 3.61. The number of carbonyl (C=O) groups is 1. The Morgan fingerprint density at radius 1 is 1.00 bits per heavy atom. The topological polar surface area (TPSA) is 167 Å². The Morgan fingerprint density at radius 2 is 1.74 bits per heavy atom. The van der Waals surface area contributed by atoms with Crippen LogP contribution in [0.5, 0.6) is 5.75 Å². The maximum atomic E-state index is 13.2. The molecule has 2 fully saturated rings. The molecule has 2 aliphatic rings. The number of hydrogen-bond acceptors (Lipinski definition) is 12. The number of nitrogens with zero attached hydrogens (tertiary/aromatic N) is 5. The molecule has 4 aromatic heterocycles. The van der Waals surface area contributed by atoms with Crippen LogP contribution in [0.4, 0.5) is 30.6 Å². The molecule has 1 amide bonds. The van der Waals surface area contributed by atoms with Gasteiger partial charge in [-0.1, -0.05) is 12.1 Å². The predicted octanol–water partition coefficient (Wildman–Crippen LogP) is 5.96. The average Bonchev–Trinajstić information content (AvgIpc) is 3.77. The molecule has 0 saturated heterocycles. The zero-order valence-electron chi connectivity index (χ0n) is 26.8. The number of benzene rings is 1. The van der Waals surface area contributed by atoms with E-state index in [4.69, 9.17) is 15.0 Å². The third kappa shape index (κ3) is 7.18. The number of aliphatic hydroxyl groups excluding tert-OH is 2. The second-order valence-corrected chi connectivity index (χ2v) is 13.5. The third-order valence-corrected chi connectivity index (χ3v) is 9.89. The molecule has 2 saturated carbocycles. The SMILES string of the molecule is Cc1nc(NC(C)c2ccc(OC(F)(F)F)cc2)nc(NC2CC(C(=O)Nc3ccncc3)C(O)C2O)c1-c1nc2c(C3CC3)nccc2s1. The van der Waals surface area contributed by atoms with Crippen molar-refractivity contribution < 1.29 is 32.9 Å². The number of ether oxygens (including phenoxy) is 1. The first-order valence-corrected chi connectivity index (χ1v) is 16.9. The normalized spacial score (nSPS) is 21.2. The predicted molar refractivity (Wildman–Crippen MR) is 181 cm³/mol. The molecule has 12 nitrogen and oxygen atoms in total. The highest BCUT2D eigenvalue weighted by molar-refractivity contribution is 7.21. The fourth-order valence-electron chi connectivity index (χ4n) is 6.15. The number of aliphatic hydroxyl groups is 2. The van der Waals surface area contributed by atoms with Gasteiger partial charge < -0.3 is 30.9 Å². The number of rotatable bonds is 10. The van der Waals surface area contributed by atoms with Crippen molar-refractivity contribution in [1.82, 2.24) is 24.9 Å². The first-order valence-electron chi connectivity index (χ1n) is 16.0. The van der Waals surface area contributed by atoms with Crippen molar-refractivity contribution in [3.63, 3.8) is 0 Å². The Bertz CT molecular complexity index is 2010. The number of aryl methyl sites for hydroxylation is 1. The van der Waals surface area contributed by atoms with E-state index in [9.17, 15) is 28.2 Å². The van der Waals surface area contributed by atoms with Crippen molar-refractivity contribution in [2.75, 3.05) is 16.0 Å². The molecule has 0 radical (unpaired) electrons. The summed E-state index contributed by atoms with van der Waals surface area (Å²) in [5, 5.41) is 32.0. The van der Waals surface area contributed by atoms with Crippen molar-refractivity contribution in [3.05, 3.63) is 78.0 Å². The molecular formula is C34H33F3N8O4S. The van der Waals surface area contributed by atoms with E-state index in [-0.39, 0.29) is 18.1 Å². The Balaban J connectivity index is 1.19. The highest BCUT2D eigenvalue weighted by Gasteiger charge is 2.45. The van der Waals surface area contributed by atoms with Crippen molar-refractivity contribution in [2.45, 2.75) is 69.7 Å². The van der Waals surface area contributed by atoms with Gasteiger partial charge in [0.1, 0.15) is 28.2 Å². The van der Waals surface area contributed by atoms with E-state index in [1.54, 1.807) is 25.3 Å². The maximum Gasteiger partial charge on any atom is 0.573 e.